The highest BCUT2D eigenvalue weighted by atomic mass is 15.3. The quantitative estimate of drug-likeness (QED) is 0.688. The van der Waals surface area contributed by atoms with Crippen molar-refractivity contribution in [3.05, 3.63) is 58.7 Å². The number of aryl methyl sites for hydroxylation is 2. The first-order chi connectivity index (χ1) is 12.3. The number of benzene rings is 2. The second-order valence-corrected chi connectivity index (χ2v) is 7.39. The van der Waals surface area contributed by atoms with Crippen LogP contribution >= 0.6 is 0 Å². The first-order valence-corrected chi connectivity index (χ1v) is 10.0. The molecule has 0 bridgehead atoms. The average molecular weight is 335 g/mol. The van der Waals surface area contributed by atoms with Crippen LogP contribution in [0.25, 0.3) is 0 Å². The molecular formula is C23H30N2. The minimum absolute atomic E-state index is 0.986. The van der Waals surface area contributed by atoms with Crippen LogP contribution in [0.4, 0.5) is 11.4 Å². The van der Waals surface area contributed by atoms with Crippen LogP contribution in [-0.2, 0) is 25.7 Å². The molecule has 0 fully saturated rings. The lowest BCUT2D eigenvalue weighted by Crippen LogP contribution is -2.39. The van der Waals surface area contributed by atoms with Gasteiger partial charge in [0.15, 0.2) is 0 Å². The molecule has 0 spiro atoms. The van der Waals surface area contributed by atoms with E-state index in [9.17, 15) is 0 Å². The lowest BCUT2D eigenvalue weighted by atomic mass is 10.1. The van der Waals surface area contributed by atoms with Crippen molar-refractivity contribution in [2.45, 2.75) is 52.4 Å². The van der Waals surface area contributed by atoms with Crippen molar-refractivity contribution in [2.24, 2.45) is 0 Å². The molecule has 132 valence electrons. The van der Waals surface area contributed by atoms with E-state index in [1.165, 1.54) is 49.9 Å². The molecular weight excluding hydrogens is 304 g/mol. The first kappa shape index (κ1) is 16.5. The summed E-state index contributed by atoms with van der Waals surface area (Å²) >= 11 is 0. The number of nitrogens with zero attached hydrogens (tertiary/aromatic N) is 2. The van der Waals surface area contributed by atoms with Crippen LogP contribution in [0, 0.1) is 0 Å². The maximum atomic E-state index is 2.57. The summed E-state index contributed by atoms with van der Waals surface area (Å²) in [6, 6.07) is 13.8. The van der Waals surface area contributed by atoms with Gasteiger partial charge >= 0.3 is 0 Å². The summed E-state index contributed by atoms with van der Waals surface area (Å²) < 4.78 is 0. The van der Waals surface area contributed by atoms with Crippen molar-refractivity contribution >= 4 is 11.4 Å². The van der Waals surface area contributed by atoms with E-state index in [1.54, 1.807) is 22.3 Å². The molecule has 2 heteroatoms. The molecule has 0 amide bonds. The van der Waals surface area contributed by atoms with Crippen LogP contribution in [-0.4, -0.2) is 19.8 Å². The number of hydrogen-bond acceptors (Lipinski definition) is 2. The molecule has 2 aromatic carbocycles. The molecule has 2 nitrogen and oxygen atoms in total. The van der Waals surface area contributed by atoms with Gasteiger partial charge in [0.1, 0.15) is 0 Å². The van der Waals surface area contributed by atoms with Crippen LogP contribution in [0.5, 0.6) is 0 Å². The highest BCUT2D eigenvalue weighted by Crippen LogP contribution is 2.34. The van der Waals surface area contributed by atoms with Gasteiger partial charge in [0.2, 0.25) is 0 Å². The van der Waals surface area contributed by atoms with E-state index < -0.39 is 0 Å². The predicted octanol–water partition coefficient (Wildman–Crippen LogP) is 4.97. The van der Waals surface area contributed by atoms with Gasteiger partial charge in [-0.05, 0) is 86.8 Å². The standard InChI is InChI=1S/C23H30N2/c1-3-24(22-15-7-11-18-9-5-13-20(18)22)17-25(4-2)23-16-8-12-19-10-6-14-21(19)23/h7-8,11-12,15-16H,3-6,9-10,13-14,17H2,1-2H3. The molecule has 0 saturated heterocycles. The van der Waals surface area contributed by atoms with Crippen molar-refractivity contribution in [1.82, 2.24) is 0 Å². The number of anilines is 2. The van der Waals surface area contributed by atoms with E-state index in [1.807, 2.05) is 0 Å². The minimum Gasteiger partial charge on any atom is -0.354 e. The normalized spacial score (nSPS) is 15.1. The van der Waals surface area contributed by atoms with Gasteiger partial charge in [-0.25, -0.2) is 0 Å². The zero-order valence-electron chi connectivity index (χ0n) is 15.7. The first-order valence-electron chi connectivity index (χ1n) is 10.0. The van der Waals surface area contributed by atoms with E-state index in [2.05, 4.69) is 60.0 Å². The molecule has 0 saturated carbocycles. The van der Waals surface area contributed by atoms with Gasteiger partial charge in [0.25, 0.3) is 0 Å². The molecule has 0 aliphatic heterocycles. The van der Waals surface area contributed by atoms with Crippen molar-refractivity contribution in [2.75, 3.05) is 29.6 Å². The molecule has 0 heterocycles. The van der Waals surface area contributed by atoms with Crippen molar-refractivity contribution < 1.29 is 0 Å². The number of rotatable bonds is 6. The zero-order valence-corrected chi connectivity index (χ0v) is 15.7. The molecule has 0 aromatic heterocycles. The van der Waals surface area contributed by atoms with Gasteiger partial charge in [0.05, 0.1) is 6.67 Å². The Labute approximate surface area is 152 Å². The molecule has 4 rings (SSSR count). The molecule has 0 N–H and O–H groups in total. The third-order valence-corrected chi connectivity index (χ3v) is 6.03. The van der Waals surface area contributed by atoms with E-state index in [4.69, 9.17) is 0 Å². The SMILES string of the molecule is CCN(CN(CC)c1cccc2c1CCC2)c1cccc2c1CCC2. The van der Waals surface area contributed by atoms with Gasteiger partial charge in [0, 0.05) is 24.5 Å². The van der Waals surface area contributed by atoms with Crippen LogP contribution in [0.2, 0.25) is 0 Å². The molecule has 2 aliphatic rings. The summed E-state index contributed by atoms with van der Waals surface area (Å²) in [5, 5.41) is 0. The Morgan fingerprint density at radius 1 is 0.680 bits per heavy atom. The summed E-state index contributed by atoms with van der Waals surface area (Å²) in [5.41, 5.74) is 9.25. The number of fused-ring (bicyclic) bond motifs is 2. The maximum Gasteiger partial charge on any atom is 0.0902 e. The summed E-state index contributed by atoms with van der Waals surface area (Å²) in [7, 11) is 0. The molecule has 0 atom stereocenters. The van der Waals surface area contributed by atoms with Gasteiger partial charge in [-0.3, -0.25) is 0 Å². The van der Waals surface area contributed by atoms with E-state index in [0.29, 0.717) is 0 Å². The predicted molar refractivity (Wildman–Crippen MR) is 108 cm³/mol. The largest absolute Gasteiger partial charge is 0.354 e. The lowest BCUT2D eigenvalue weighted by Gasteiger charge is -2.34. The maximum absolute atomic E-state index is 2.57. The fourth-order valence-corrected chi connectivity index (χ4v) is 4.69. The molecule has 2 aliphatic carbocycles. The van der Waals surface area contributed by atoms with E-state index in [0.717, 1.165) is 19.8 Å². The van der Waals surface area contributed by atoms with Crippen LogP contribution in [0.1, 0.15) is 48.9 Å². The van der Waals surface area contributed by atoms with E-state index >= 15 is 0 Å². The van der Waals surface area contributed by atoms with Gasteiger partial charge in [-0.15, -0.1) is 0 Å². The Morgan fingerprint density at radius 3 is 1.60 bits per heavy atom. The van der Waals surface area contributed by atoms with Crippen LogP contribution in [0.3, 0.4) is 0 Å². The summed E-state index contributed by atoms with van der Waals surface area (Å²) in [6.45, 7) is 7.68. The molecule has 2 aromatic rings. The van der Waals surface area contributed by atoms with Crippen LogP contribution in [0.15, 0.2) is 36.4 Å². The van der Waals surface area contributed by atoms with Crippen molar-refractivity contribution in [3.63, 3.8) is 0 Å². The van der Waals surface area contributed by atoms with Crippen LogP contribution < -0.4 is 9.80 Å². The van der Waals surface area contributed by atoms with E-state index in [-0.39, 0.29) is 0 Å². The van der Waals surface area contributed by atoms with Gasteiger partial charge in [-0.1, -0.05) is 24.3 Å². The Hall–Kier alpha value is -1.96. The average Bonchev–Trinajstić information content (AvgIpc) is 3.31. The lowest BCUT2D eigenvalue weighted by molar-refractivity contribution is 0.746. The molecule has 0 unspecified atom stereocenters. The Bertz CT molecular complexity index is 686. The summed E-state index contributed by atoms with van der Waals surface area (Å²) in [6.07, 6.45) is 7.62. The second-order valence-electron chi connectivity index (χ2n) is 7.39. The smallest absolute Gasteiger partial charge is 0.0902 e. The fourth-order valence-electron chi connectivity index (χ4n) is 4.69. The monoisotopic (exact) mass is 334 g/mol. The molecule has 0 radical (unpaired) electrons. The highest BCUT2D eigenvalue weighted by molar-refractivity contribution is 5.62. The Balaban J connectivity index is 1.63. The summed E-state index contributed by atoms with van der Waals surface area (Å²) in [4.78, 5) is 5.14. The van der Waals surface area contributed by atoms with Gasteiger partial charge in [-0.2, -0.15) is 0 Å². The Kier molecular flexibility index (Phi) is 4.70. The van der Waals surface area contributed by atoms with Crippen molar-refractivity contribution in [1.29, 1.82) is 0 Å². The Morgan fingerprint density at radius 2 is 1.16 bits per heavy atom. The fraction of sp³-hybridized carbons (Fsp3) is 0.478. The minimum atomic E-state index is 0.986. The highest BCUT2D eigenvalue weighted by Gasteiger charge is 2.21. The zero-order chi connectivity index (χ0) is 17.2. The topological polar surface area (TPSA) is 6.48 Å². The summed E-state index contributed by atoms with van der Waals surface area (Å²) in [5.74, 6) is 0. The third kappa shape index (κ3) is 3.03. The molecule has 25 heavy (non-hydrogen) atoms. The van der Waals surface area contributed by atoms with Crippen molar-refractivity contribution in [3.8, 4) is 0 Å². The van der Waals surface area contributed by atoms with Gasteiger partial charge < -0.3 is 9.80 Å². The second kappa shape index (κ2) is 7.11. The third-order valence-electron chi connectivity index (χ3n) is 6.03. The number of hydrogen-bond donors (Lipinski definition) is 0.